The molecule has 0 unspecified atom stereocenters. The Kier molecular flexibility index (Phi) is 23.8. The molecule has 0 aliphatic rings. The van der Waals surface area contributed by atoms with E-state index >= 15 is 0 Å². The predicted octanol–water partition coefficient (Wildman–Crippen LogP) is 18.6. The average molecular weight is 1610 g/mol. The maximum absolute atomic E-state index is 14.6. The van der Waals surface area contributed by atoms with Crippen LogP contribution in [-0.2, 0) is 27.8 Å². The number of anilines is 4. The summed E-state index contributed by atoms with van der Waals surface area (Å²) in [4.78, 5) is 48.9. The van der Waals surface area contributed by atoms with Crippen LogP contribution in [0.2, 0.25) is 0 Å². The van der Waals surface area contributed by atoms with Gasteiger partial charge in [0.2, 0.25) is 5.41 Å². The molecule has 0 saturated carbocycles. The van der Waals surface area contributed by atoms with Crippen LogP contribution in [0.4, 0.5) is 154 Å². The quantitative estimate of drug-likeness (QED) is 0.0298. The van der Waals surface area contributed by atoms with Crippen LogP contribution < -0.4 is 30.7 Å². The Balaban J connectivity index is 0.000000354. The van der Waals surface area contributed by atoms with Gasteiger partial charge >= 0.3 is 61.8 Å². The second-order valence-corrected chi connectivity index (χ2v) is 22.9. The number of hydrogen-bond donors (Lipinski definition) is 8. The molecule has 7 rings (SSSR count). The van der Waals surface area contributed by atoms with Gasteiger partial charge in [0.05, 0.1) is 0 Å². The summed E-state index contributed by atoms with van der Waals surface area (Å²) in [5, 5.41) is 47.3. The Labute approximate surface area is 588 Å². The van der Waals surface area contributed by atoms with Gasteiger partial charge in [-0.15, -0.1) is 0 Å². The maximum atomic E-state index is 14.6. The molecule has 0 radical (unpaired) electrons. The van der Waals surface area contributed by atoms with Crippen molar-refractivity contribution in [1.82, 2.24) is 0 Å². The van der Waals surface area contributed by atoms with Crippen molar-refractivity contribution in [2.24, 2.45) is 0 Å². The van der Waals surface area contributed by atoms with E-state index in [9.17, 15) is 171 Å². The standard InChI is InChI=1S/C37H24F18N2O5.C28H20F12N2O5/c1-17(58)18-3-7-20(8-4-18)29(32(38,39)40,33(41,42)43)21-9-5-19(6-10-21)28(59)57-27-14-12-23(16-25(27)31(61,36(50,51)52)37(53,54)55)62-22-11-13-26(56-2)24(15-22)30(60,34(44,45)46)35(47,48)49;1-13(43)14-3-5-15(6-4-14)22(44)42-21-10-8-17(12-19(21)24(46,27(35,36)37)28(38,39)40)47-16-7-9-20(41-2)18(11-16)23(45,25(29,30)31)26(32,33)34/h3-16,56,60-61H,1-2H3,(H,57,59);3-12,41,45-46H,1-2H3,(H,42,44). The normalized spacial score (nSPS) is 13.6. The largest absolute Gasteiger partial charge is 0.457 e. The van der Waals surface area contributed by atoms with E-state index in [1.54, 1.807) is 5.32 Å². The first-order chi connectivity index (χ1) is 49.3. The molecule has 594 valence electrons. The fourth-order valence-electron chi connectivity index (χ4n) is 10.4. The first-order valence-corrected chi connectivity index (χ1v) is 29.1. The summed E-state index contributed by atoms with van der Waals surface area (Å²) in [5.41, 5.74) is -45.6. The number of Topliss-reactive ketones (excluding diaryl/α,β-unsaturated/α-hetero) is 2. The number of alkyl halides is 30. The van der Waals surface area contributed by atoms with Crippen LogP contribution in [0.1, 0.15) is 88.7 Å². The zero-order valence-electron chi connectivity index (χ0n) is 53.9. The molecular weight excluding hydrogens is 1570 g/mol. The van der Waals surface area contributed by atoms with Crippen LogP contribution >= 0.6 is 0 Å². The van der Waals surface area contributed by atoms with Crippen molar-refractivity contribution in [3.05, 3.63) is 201 Å². The van der Waals surface area contributed by atoms with Gasteiger partial charge in [-0.25, -0.2) is 0 Å². The van der Waals surface area contributed by atoms with Crippen LogP contribution in [0.15, 0.2) is 146 Å². The predicted molar refractivity (Wildman–Crippen MR) is 317 cm³/mol. The van der Waals surface area contributed by atoms with Crippen molar-refractivity contribution < 1.29 is 181 Å². The lowest BCUT2D eigenvalue weighted by Gasteiger charge is -2.38. The molecule has 109 heavy (non-hydrogen) atoms. The van der Waals surface area contributed by atoms with Crippen molar-refractivity contribution in [1.29, 1.82) is 0 Å². The zero-order valence-corrected chi connectivity index (χ0v) is 53.9. The Morgan fingerprint density at radius 2 is 0.468 bits per heavy atom. The molecule has 7 aromatic carbocycles. The van der Waals surface area contributed by atoms with Gasteiger partial charge in [0.15, 0.2) is 11.6 Å². The molecule has 0 aliphatic heterocycles. The molecule has 0 bridgehead atoms. The fraction of sp³-hybridized carbons (Fsp3) is 0.292. The Hall–Kier alpha value is -10.2. The molecule has 14 nitrogen and oxygen atoms in total. The number of amides is 2. The summed E-state index contributed by atoms with van der Waals surface area (Å²) in [6, 6.07) is 10.3. The monoisotopic (exact) mass is 1610 g/mol. The summed E-state index contributed by atoms with van der Waals surface area (Å²) in [6.07, 6.45) is -64.7. The smallest absolute Gasteiger partial charge is 0.430 e. The molecule has 0 aliphatic carbocycles. The number of hydrogen-bond acceptors (Lipinski definition) is 12. The number of halogens is 30. The van der Waals surface area contributed by atoms with Crippen LogP contribution in [0, 0.1) is 0 Å². The third kappa shape index (κ3) is 16.4. The summed E-state index contributed by atoms with van der Waals surface area (Å²) in [5.74, 6) is -8.93. The number of aliphatic hydroxyl groups is 4. The number of ketones is 2. The SMILES string of the molecule is CNc1ccc(Oc2ccc(NC(=O)c3ccc(C(C)=O)cc3)c(C(O)(C(F)(F)F)C(F)(F)F)c2)cc1C(O)(C(F)(F)F)C(F)(F)F.CNc1ccc(Oc2ccc(NC(=O)c3ccc(C(c4ccc(C(C)=O)cc4)(C(F)(F)F)C(F)(F)F)cc3)c(C(O)(C(F)(F)F)C(F)(F)F)c2)cc1C(O)(C(F)(F)F)C(F)(F)F. The highest BCUT2D eigenvalue weighted by atomic mass is 19.5. The number of nitrogens with one attached hydrogen (secondary N) is 4. The van der Waals surface area contributed by atoms with Crippen LogP contribution in [0.25, 0.3) is 0 Å². The molecule has 0 aromatic heterocycles. The van der Waals surface area contributed by atoms with E-state index in [4.69, 9.17) is 9.47 Å². The van der Waals surface area contributed by atoms with E-state index in [1.165, 1.54) is 12.2 Å². The second kappa shape index (κ2) is 29.6. The molecule has 0 atom stereocenters. The number of rotatable bonds is 18. The molecule has 0 spiro atoms. The van der Waals surface area contributed by atoms with Gasteiger partial charge in [0.25, 0.3) is 34.2 Å². The lowest BCUT2D eigenvalue weighted by molar-refractivity contribution is -0.376. The van der Waals surface area contributed by atoms with Crippen molar-refractivity contribution >= 4 is 46.1 Å². The minimum atomic E-state index is -6.76. The van der Waals surface area contributed by atoms with Gasteiger partial charge in [0.1, 0.15) is 23.0 Å². The van der Waals surface area contributed by atoms with E-state index in [-0.39, 0.29) is 71.3 Å². The van der Waals surface area contributed by atoms with Gasteiger partial charge in [-0.05, 0) is 122 Å². The van der Waals surface area contributed by atoms with E-state index < -0.39 is 198 Å². The molecule has 0 saturated heterocycles. The first-order valence-electron chi connectivity index (χ1n) is 29.1. The fourth-order valence-corrected chi connectivity index (χ4v) is 10.4. The molecule has 7 aromatic rings. The van der Waals surface area contributed by atoms with Gasteiger partial charge in [0, 0.05) is 81.4 Å². The van der Waals surface area contributed by atoms with Crippen molar-refractivity contribution in [2.45, 2.75) is 103 Å². The molecule has 44 heteroatoms. The lowest BCUT2D eigenvalue weighted by Crippen LogP contribution is -2.54. The summed E-state index contributed by atoms with van der Waals surface area (Å²) in [6.45, 7) is 2.13. The molecular formula is C65H44F30N4O10. The van der Waals surface area contributed by atoms with Gasteiger partial charge in [-0.1, -0.05) is 48.5 Å². The topological polar surface area (TPSA) is 216 Å². The highest BCUT2D eigenvalue weighted by molar-refractivity contribution is 6.06. The minimum Gasteiger partial charge on any atom is -0.457 e. The third-order valence-electron chi connectivity index (χ3n) is 16.0. The zero-order chi connectivity index (χ0) is 83.4. The van der Waals surface area contributed by atoms with Crippen LogP contribution in [0.5, 0.6) is 23.0 Å². The highest BCUT2D eigenvalue weighted by Crippen LogP contribution is 2.60. The Morgan fingerprint density at radius 3 is 0.670 bits per heavy atom. The van der Waals surface area contributed by atoms with E-state index in [0.29, 0.717) is 66.7 Å². The van der Waals surface area contributed by atoms with Crippen molar-refractivity contribution in [3.63, 3.8) is 0 Å². The molecule has 2 amide bonds. The summed E-state index contributed by atoms with van der Waals surface area (Å²) >= 11 is 0. The third-order valence-corrected chi connectivity index (χ3v) is 16.0. The summed E-state index contributed by atoms with van der Waals surface area (Å²) in [7, 11) is 1.70. The summed E-state index contributed by atoms with van der Waals surface area (Å²) < 4.78 is 429. The first kappa shape index (κ1) is 87.7. The Bertz CT molecular complexity index is 4430. The van der Waals surface area contributed by atoms with Gasteiger partial charge in [-0.3, -0.25) is 19.2 Å². The van der Waals surface area contributed by atoms with E-state index in [2.05, 4.69) is 0 Å². The number of ether oxygens (including phenoxy) is 2. The highest BCUT2D eigenvalue weighted by Gasteiger charge is 2.77. The number of carbonyl (C=O) groups is 4. The lowest BCUT2D eigenvalue weighted by atomic mass is 9.72. The molecule has 0 heterocycles. The number of benzene rings is 7. The van der Waals surface area contributed by atoms with Gasteiger partial charge < -0.3 is 51.2 Å². The van der Waals surface area contributed by atoms with Crippen LogP contribution in [0.3, 0.4) is 0 Å². The van der Waals surface area contributed by atoms with Crippen molar-refractivity contribution in [3.8, 4) is 23.0 Å². The second-order valence-electron chi connectivity index (χ2n) is 22.9. The van der Waals surface area contributed by atoms with Gasteiger partial charge in [-0.2, -0.15) is 132 Å². The van der Waals surface area contributed by atoms with E-state index in [0.717, 1.165) is 45.3 Å². The van der Waals surface area contributed by atoms with Crippen molar-refractivity contribution in [2.75, 3.05) is 35.4 Å². The minimum absolute atomic E-state index is 0.00735. The van der Waals surface area contributed by atoms with E-state index in [1.807, 2.05) is 10.6 Å². The van der Waals surface area contributed by atoms with Crippen LogP contribution in [-0.4, -0.2) is 120 Å². The maximum Gasteiger partial charge on any atom is 0.430 e. The average Bonchev–Trinajstić information content (AvgIpc) is 0.739. The molecule has 8 N–H and O–H groups in total. The number of carbonyl (C=O) groups excluding carboxylic acids is 4. The molecule has 0 fully saturated rings. The Morgan fingerprint density at radius 1 is 0.275 bits per heavy atom.